The molecule has 1 N–H and O–H groups in total. The average Bonchev–Trinajstić information content (AvgIpc) is 2.36. The third kappa shape index (κ3) is 3.05. The van der Waals surface area contributed by atoms with Crippen molar-refractivity contribution in [1.82, 2.24) is 4.98 Å². The van der Waals surface area contributed by atoms with Crippen LogP contribution in [0.2, 0.25) is 10.3 Å². The zero-order chi connectivity index (χ0) is 14.9. The zero-order valence-corrected chi connectivity index (χ0v) is 11.7. The molecular formula is C13H8Cl2F2N2O. The van der Waals surface area contributed by atoms with Gasteiger partial charge in [0.15, 0.2) is 5.15 Å². The maximum absolute atomic E-state index is 13.5. The normalized spacial score (nSPS) is 10.4. The quantitative estimate of drug-likeness (QED) is 0.842. The molecule has 2 aromatic rings. The Kier molecular flexibility index (Phi) is 4.20. The molecular weight excluding hydrogens is 309 g/mol. The third-order valence-corrected chi connectivity index (χ3v) is 3.02. The number of nitrogens with zero attached hydrogens (tertiary/aromatic N) is 1. The van der Waals surface area contributed by atoms with E-state index >= 15 is 0 Å². The van der Waals surface area contributed by atoms with Gasteiger partial charge >= 0.3 is 0 Å². The molecule has 0 fully saturated rings. The Morgan fingerprint density at radius 3 is 2.60 bits per heavy atom. The molecule has 1 heterocycles. The van der Waals surface area contributed by atoms with Gasteiger partial charge in [-0.3, -0.25) is 4.79 Å². The molecule has 3 nitrogen and oxygen atoms in total. The second kappa shape index (κ2) is 5.73. The molecule has 2 rings (SSSR count). The Morgan fingerprint density at radius 1 is 1.25 bits per heavy atom. The van der Waals surface area contributed by atoms with E-state index < -0.39 is 23.1 Å². The summed E-state index contributed by atoms with van der Waals surface area (Å²) in [4.78, 5) is 15.7. The molecule has 0 saturated heterocycles. The minimum Gasteiger partial charge on any atom is -0.319 e. The highest BCUT2D eigenvalue weighted by atomic mass is 35.5. The van der Waals surface area contributed by atoms with Gasteiger partial charge in [-0.1, -0.05) is 23.2 Å². The summed E-state index contributed by atoms with van der Waals surface area (Å²) in [6.07, 6.45) is 0. The summed E-state index contributed by atoms with van der Waals surface area (Å²) in [6, 6.07) is 4.09. The molecule has 1 aromatic heterocycles. The van der Waals surface area contributed by atoms with Crippen LogP contribution in [0.25, 0.3) is 0 Å². The van der Waals surface area contributed by atoms with Crippen molar-refractivity contribution in [1.29, 1.82) is 0 Å². The second-order valence-electron chi connectivity index (χ2n) is 4.01. The first-order valence-corrected chi connectivity index (χ1v) is 6.23. The van der Waals surface area contributed by atoms with Crippen molar-refractivity contribution < 1.29 is 13.6 Å². The average molecular weight is 317 g/mol. The lowest BCUT2D eigenvalue weighted by molar-refractivity contribution is 0.102. The molecule has 1 aromatic carbocycles. The lowest BCUT2D eigenvalue weighted by Gasteiger charge is -2.10. The molecule has 20 heavy (non-hydrogen) atoms. The van der Waals surface area contributed by atoms with Crippen LogP contribution in [0, 0.1) is 18.6 Å². The number of hydrogen-bond donors (Lipinski definition) is 1. The van der Waals surface area contributed by atoms with Gasteiger partial charge < -0.3 is 5.32 Å². The number of anilines is 1. The highest BCUT2D eigenvalue weighted by Crippen LogP contribution is 2.27. The monoisotopic (exact) mass is 316 g/mol. The predicted molar refractivity (Wildman–Crippen MR) is 73.3 cm³/mol. The van der Waals surface area contributed by atoms with Gasteiger partial charge in [0.25, 0.3) is 5.91 Å². The van der Waals surface area contributed by atoms with Gasteiger partial charge in [0.1, 0.15) is 16.8 Å². The minimum absolute atomic E-state index is 0.0276. The van der Waals surface area contributed by atoms with E-state index in [9.17, 15) is 13.6 Å². The van der Waals surface area contributed by atoms with Crippen molar-refractivity contribution in [2.45, 2.75) is 6.92 Å². The number of carbonyl (C=O) groups is 1. The van der Waals surface area contributed by atoms with Crippen LogP contribution in [0.15, 0.2) is 24.3 Å². The lowest BCUT2D eigenvalue weighted by atomic mass is 10.1. The maximum Gasteiger partial charge on any atom is 0.258 e. The Labute approximate surface area is 123 Å². The van der Waals surface area contributed by atoms with Crippen molar-refractivity contribution in [3.8, 4) is 0 Å². The molecule has 7 heteroatoms. The van der Waals surface area contributed by atoms with E-state index in [1.54, 1.807) is 6.92 Å². The van der Waals surface area contributed by atoms with Gasteiger partial charge in [-0.2, -0.15) is 0 Å². The van der Waals surface area contributed by atoms with E-state index in [-0.39, 0.29) is 16.0 Å². The van der Waals surface area contributed by atoms with Crippen LogP contribution in [0.3, 0.4) is 0 Å². The van der Waals surface area contributed by atoms with Crippen LogP contribution >= 0.6 is 23.2 Å². The number of hydrogen-bond acceptors (Lipinski definition) is 2. The summed E-state index contributed by atoms with van der Waals surface area (Å²) < 4.78 is 26.5. The molecule has 104 valence electrons. The Balaban J connectivity index is 2.35. The van der Waals surface area contributed by atoms with Gasteiger partial charge in [-0.15, -0.1) is 0 Å². The highest BCUT2D eigenvalue weighted by molar-refractivity contribution is 6.35. The number of aryl methyl sites for hydroxylation is 1. The molecule has 0 aliphatic carbocycles. The standard InChI is InChI=1S/C13H8Cl2F2N2O/c1-6-4-10(14)18-12(15)11(6)19-13(20)8-5-7(16)2-3-9(8)17/h2-5H,1H3,(H,19,20). The molecule has 0 radical (unpaired) electrons. The first-order chi connectivity index (χ1) is 9.38. The van der Waals surface area contributed by atoms with E-state index in [2.05, 4.69) is 10.3 Å². The van der Waals surface area contributed by atoms with Crippen LogP contribution in [-0.4, -0.2) is 10.9 Å². The van der Waals surface area contributed by atoms with E-state index in [1.807, 2.05) is 0 Å². The summed E-state index contributed by atoms with van der Waals surface area (Å²) in [5.41, 5.74) is 0.334. The smallest absolute Gasteiger partial charge is 0.258 e. The summed E-state index contributed by atoms with van der Waals surface area (Å²) in [5, 5.41) is 2.53. The zero-order valence-electron chi connectivity index (χ0n) is 10.2. The number of amides is 1. The summed E-state index contributed by atoms with van der Waals surface area (Å²) in [6.45, 7) is 1.65. The van der Waals surface area contributed by atoms with Crippen LogP contribution in [0.1, 0.15) is 15.9 Å². The number of aromatic nitrogens is 1. The van der Waals surface area contributed by atoms with Crippen molar-refractivity contribution in [3.63, 3.8) is 0 Å². The molecule has 0 spiro atoms. The highest BCUT2D eigenvalue weighted by Gasteiger charge is 2.16. The van der Waals surface area contributed by atoms with E-state index in [4.69, 9.17) is 23.2 Å². The third-order valence-electron chi connectivity index (χ3n) is 2.55. The molecule has 0 aliphatic heterocycles. The van der Waals surface area contributed by atoms with Crippen molar-refractivity contribution >= 4 is 34.8 Å². The predicted octanol–water partition coefficient (Wildman–Crippen LogP) is 4.23. The minimum atomic E-state index is -0.834. The van der Waals surface area contributed by atoms with Crippen LogP contribution < -0.4 is 5.32 Å². The van der Waals surface area contributed by atoms with Crippen LogP contribution in [0.5, 0.6) is 0 Å². The van der Waals surface area contributed by atoms with Gasteiger partial charge in [0.05, 0.1) is 11.3 Å². The SMILES string of the molecule is Cc1cc(Cl)nc(Cl)c1NC(=O)c1cc(F)ccc1F. The van der Waals surface area contributed by atoms with Gasteiger partial charge in [0.2, 0.25) is 0 Å². The fourth-order valence-electron chi connectivity index (χ4n) is 1.60. The fourth-order valence-corrected chi connectivity index (χ4v) is 2.18. The summed E-state index contributed by atoms with van der Waals surface area (Å²) >= 11 is 11.6. The van der Waals surface area contributed by atoms with Crippen LogP contribution in [-0.2, 0) is 0 Å². The van der Waals surface area contributed by atoms with E-state index in [1.165, 1.54) is 6.07 Å². The summed E-state index contributed by atoms with van der Waals surface area (Å²) in [5.74, 6) is -2.37. The number of rotatable bonds is 2. The largest absolute Gasteiger partial charge is 0.319 e. The first-order valence-electron chi connectivity index (χ1n) is 5.47. The molecule has 0 aliphatic rings. The maximum atomic E-state index is 13.5. The van der Waals surface area contributed by atoms with Crippen molar-refractivity contribution in [2.75, 3.05) is 5.32 Å². The fraction of sp³-hybridized carbons (Fsp3) is 0.0769. The van der Waals surface area contributed by atoms with Gasteiger partial charge in [-0.05, 0) is 36.8 Å². The second-order valence-corrected chi connectivity index (χ2v) is 4.75. The number of nitrogens with one attached hydrogen (secondary N) is 1. The first kappa shape index (κ1) is 14.7. The molecule has 0 saturated carbocycles. The van der Waals surface area contributed by atoms with Gasteiger partial charge in [0, 0.05) is 0 Å². The van der Waals surface area contributed by atoms with E-state index in [0.717, 1.165) is 18.2 Å². The Morgan fingerprint density at radius 2 is 1.95 bits per heavy atom. The number of carbonyl (C=O) groups excluding carboxylic acids is 1. The van der Waals surface area contributed by atoms with Crippen molar-refractivity contribution in [3.05, 3.63) is 57.3 Å². The van der Waals surface area contributed by atoms with E-state index in [0.29, 0.717) is 5.56 Å². The van der Waals surface area contributed by atoms with Crippen molar-refractivity contribution in [2.24, 2.45) is 0 Å². The molecule has 0 atom stereocenters. The topological polar surface area (TPSA) is 42.0 Å². The summed E-state index contributed by atoms with van der Waals surface area (Å²) in [7, 11) is 0. The number of benzene rings is 1. The van der Waals surface area contributed by atoms with Crippen LogP contribution in [0.4, 0.5) is 14.5 Å². The molecule has 0 unspecified atom stereocenters. The number of halogens is 4. The Hall–Kier alpha value is -1.72. The molecule has 1 amide bonds. The lowest BCUT2D eigenvalue weighted by Crippen LogP contribution is -2.15. The number of pyridine rings is 1. The Bertz CT molecular complexity index is 669. The van der Waals surface area contributed by atoms with Gasteiger partial charge in [-0.25, -0.2) is 13.8 Å². The molecule has 0 bridgehead atoms.